The van der Waals surface area contributed by atoms with Crippen LogP contribution >= 0.6 is 0 Å². The number of benzene rings is 1. The van der Waals surface area contributed by atoms with Crippen molar-refractivity contribution < 1.29 is 5.11 Å². The van der Waals surface area contributed by atoms with E-state index in [1.54, 1.807) is 0 Å². The average Bonchev–Trinajstić information content (AvgIpc) is 2.27. The lowest BCUT2D eigenvalue weighted by Crippen LogP contribution is -2.34. The molecule has 0 amide bonds. The Hall–Kier alpha value is -0.900. The van der Waals surface area contributed by atoms with Crippen LogP contribution in [0.5, 0.6) is 0 Å². The van der Waals surface area contributed by atoms with Crippen LogP contribution < -0.4 is 5.73 Å². The summed E-state index contributed by atoms with van der Waals surface area (Å²) in [6.07, 6.45) is 0.764. The molecule has 0 aliphatic rings. The van der Waals surface area contributed by atoms with E-state index in [1.807, 2.05) is 32.0 Å². The summed E-state index contributed by atoms with van der Waals surface area (Å²) in [4.78, 5) is 2.29. The summed E-state index contributed by atoms with van der Waals surface area (Å²) in [6, 6.07) is 10.4. The molecule has 3 heteroatoms. The quantitative estimate of drug-likeness (QED) is 0.756. The largest absolute Gasteiger partial charge is 0.390 e. The molecule has 1 aromatic carbocycles. The molecule has 0 unspecified atom stereocenters. The highest BCUT2D eigenvalue weighted by Crippen LogP contribution is 2.10. The Morgan fingerprint density at radius 1 is 1.18 bits per heavy atom. The zero-order valence-corrected chi connectivity index (χ0v) is 10.9. The maximum atomic E-state index is 9.74. The van der Waals surface area contributed by atoms with Gasteiger partial charge in [-0.3, -0.25) is 4.90 Å². The van der Waals surface area contributed by atoms with Crippen molar-refractivity contribution in [2.24, 2.45) is 5.73 Å². The molecule has 1 aromatic rings. The van der Waals surface area contributed by atoms with E-state index < -0.39 is 5.60 Å². The first-order chi connectivity index (χ1) is 8.01. The third-order valence-corrected chi connectivity index (χ3v) is 2.73. The van der Waals surface area contributed by atoms with Crippen molar-refractivity contribution in [2.45, 2.75) is 32.4 Å². The van der Waals surface area contributed by atoms with E-state index in [0.717, 1.165) is 26.1 Å². The van der Waals surface area contributed by atoms with Crippen LogP contribution in [0.1, 0.15) is 25.8 Å². The molecule has 3 N–H and O–H groups in total. The summed E-state index contributed by atoms with van der Waals surface area (Å²) in [5.74, 6) is 0. The van der Waals surface area contributed by atoms with Crippen LogP contribution in [0, 0.1) is 0 Å². The zero-order valence-electron chi connectivity index (χ0n) is 10.9. The lowest BCUT2D eigenvalue weighted by Gasteiger charge is -2.25. The Bertz CT molecular complexity index is 306. The molecule has 0 heterocycles. The number of aliphatic hydroxyl groups is 1. The van der Waals surface area contributed by atoms with E-state index in [9.17, 15) is 5.11 Å². The molecule has 0 fully saturated rings. The van der Waals surface area contributed by atoms with Gasteiger partial charge in [-0.25, -0.2) is 0 Å². The molecule has 0 saturated carbocycles. The topological polar surface area (TPSA) is 49.5 Å². The molecule has 0 spiro atoms. The van der Waals surface area contributed by atoms with Crippen LogP contribution in [-0.2, 0) is 6.54 Å². The summed E-state index contributed by atoms with van der Waals surface area (Å²) in [7, 11) is 0. The van der Waals surface area contributed by atoms with Gasteiger partial charge in [0.1, 0.15) is 0 Å². The van der Waals surface area contributed by atoms with Gasteiger partial charge in [0.15, 0.2) is 0 Å². The van der Waals surface area contributed by atoms with Gasteiger partial charge in [-0.2, -0.15) is 0 Å². The predicted molar refractivity (Wildman–Crippen MR) is 71.7 cm³/mol. The SMILES string of the molecule is CC(C)(O)CCN(CCN)Cc1ccccc1. The van der Waals surface area contributed by atoms with Crippen LogP contribution in [0.25, 0.3) is 0 Å². The van der Waals surface area contributed by atoms with E-state index in [0.29, 0.717) is 6.54 Å². The lowest BCUT2D eigenvalue weighted by molar-refractivity contribution is 0.0569. The van der Waals surface area contributed by atoms with Crippen LogP contribution in [0.3, 0.4) is 0 Å². The summed E-state index contributed by atoms with van der Waals surface area (Å²) in [5, 5.41) is 9.74. The standard InChI is InChI=1S/C14H24N2O/c1-14(2,17)8-10-16(11-9-15)12-13-6-4-3-5-7-13/h3-7,17H,8-12,15H2,1-2H3. The van der Waals surface area contributed by atoms with E-state index in [1.165, 1.54) is 5.56 Å². The normalized spacial score (nSPS) is 12.1. The first kappa shape index (κ1) is 14.2. The summed E-state index contributed by atoms with van der Waals surface area (Å²) in [6.45, 7) is 6.97. The van der Waals surface area contributed by atoms with Crippen LogP contribution in [0.4, 0.5) is 0 Å². The number of hydrogen-bond acceptors (Lipinski definition) is 3. The minimum absolute atomic E-state index is 0.608. The molecular weight excluding hydrogens is 212 g/mol. The van der Waals surface area contributed by atoms with Gasteiger partial charge in [0.2, 0.25) is 0 Å². The molecule has 0 saturated heterocycles. The van der Waals surface area contributed by atoms with Crippen LogP contribution in [-0.4, -0.2) is 35.2 Å². The molecule has 0 aliphatic carbocycles. The van der Waals surface area contributed by atoms with Crippen molar-refractivity contribution in [3.05, 3.63) is 35.9 Å². The minimum Gasteiger partial charge on any atom is -0.390 e. The van der Waals surface area contributed by atoms with Gasteiger partial charge < -0.3 is 10.8 Å². The molecule has 0 atom stereocenters. The zero-order chi connectivity index (χ0) is 12.7. The van der Waals surface area contributed by atoms with Crippen molar-refractivity contribution in [3.63, 3.8) is 0 Å². The van der Waals surface area contributed by atoms with Crippen molar-refractivity contribution in [3.8, 4) is 0 Å². The Labute approximate surface area is 104 Å². The maximum Gasteiger partial charge on any atom is 0.0603 e. The van der Waals surface area contributed by atoms with E-state index in [4.69, 9.17) is 5.73 Å². The summed E-state index contributed by atoms with van der Waals surface area (Å²) >= 11 is 0. The van der Waals surface area contributed by atoms with Crippen molar-refractivity contribution in [2.75, 3.05) is 19.6 Å². The van der Waals surface area contributed by atoms with Gasteiger partial charge in [0.05, 0.1) is 5.60 Å². The smallest absolute Gasteiger partial charge is 0.0603 e. The number of hydrogen-bond donors (Lipinski definition) is 2. The predicted octanol–water partition coefficient (Wildman–Crippen LogP) is 1.61. The molecule has 0 aliphatic heterocycles. The highest BCUT2D eigenvalue weighted by atomic mass is 16.3. The third kappa shape index (κ3) is 6.41. The number of nitrogens with two attached hydrogens (primary N) is 1. The molecule has 3 nitrogen and oxygen atoms in total. The summed E-state index contributed by atoms with van der Waals surface area (Å²) in [5.41, 5.74) is 6.30. The minimum atomic E-state index is -0.608. The highest BCUT2D eigenvalue weighted by molar-refractivity contribution is 5.14. The second-order valence-electron chi connectivity index (χ2n) is 5.11. The van der Waals surface area contributed by atoms with Gasteiger partial charge in [-0.05, 0) is 25.8 Å². The lowest BCUT2D eigenvalue weighted by atomic mass is 10.1. The van der Waals surface area contributed by atoms with Crippen LogP contribution in [0.2, 0.25) is 0 Å². The monoisotopic (exact) mass is 236 g/mol. The van der Waals surface area contributed by atoms with Crippen molar-refractivity contribution >= 4 is 0 Å². The van der Waals surface area contributed by atoms with E-state index in [-0.39, 0.29) is 0 Å². The van der Waals surface area contributed by atoms with E-state index in [2.05, 4.69) is 17.0 Å². The molecular formula is C14H24N2O. The molecule has 0 bridgehead atoms. The first-order valence-electron chi connectivity index (χ1n) is 6.20. The second kappa shape index (κ2) is 6.74. The molecule has 0 radical (unpaired) electrons. The maximum absolute atomic E-state index is 9.74. The number of nitrogens with zero attached hydrogens (tertiary/aromatic N) is 1. The Morgan fingerprint density at radius 3 is 2.35 bits per heavy atom. The fourth-order valence-corrected chi connectivity index (χ4v) is 1.73. The van der Waals surface area contributed by atoms with Gasteiger partial charge in [0.25, 0.3) is 0 Å². The molecule has 0 aromatic heterocycles. The Morgan fingerprint density at radius 2 is 1.82 bits per heavy atom. The molecule has 1 rings (SSSR count). The molecule has 96 valence electrons. The van der Waals surface area contributed by atoms with Gasteiger partial charge >= 0.3 is 0 Å². The first-order valence-corrected chi connectivity index (χ1v) is 6.20. The van der Waals surface area contributed by atoms with Crippen LogP contribution in [0.15, 0.2) is 30.3 Å². The van der Waals surface area contributed by atoms with Crippen molar-refractivity contribution in [1.82, 2.24) is 4.90 Å². The van der Waals surface area contributed by atoms with Crippen molar-refractivity contribution in [1.29, 1.82) is 0 Å². The Kier molecular flexibility index (Phi) is 5.62. The summed E-state index contributed by atoms with van der Waals surface area (Å²) < 4.78 is 0. The highest BCUT2D eigenvalue weighted by Gasteiger charge is 2.14. The van der Waals surface area contributed by atoms with Gasteiger partial charge in [0, 0.05) is 26.2 Å². The fraction of sp³-hybridized carbons (Fsp3) is 0.571. The fourth-order valence-electron chi connectivity index (χ4n) is 1.73. The average molecular weight is 236 g/mol. The molecule has 17 heavy (non-hydrogen) atoms. The third-order valence-electron chi connectivity index (χ3n) is 2.73. The van der Waals surface area contributed by atoms with E-state index >= 15 is 0 Å². The number of rotatable bonds is 7. The Balaban J connectivity index is 2.49. The second-order valence-corrected chi connectivity index (χ2v) is 5.11. The van der Waals surface area contributed by atoms with Gasteiger partial charge in [-0.1, -0.05) is 30.3 Å². The van der Waals surface area contributed by atoms with Gasteiger partial charge in [-0.15, -0.1) is 0 Å².